The molecule has 0 fully saturated rings. The predicted octanol–water partition coefficient (Wildman–Crippen LogP) is 0.295. The van der Waals surface area contributed by atoms with E-state index in [1.54, 1.807) is 12.1 Å². The van der Waals surface area contributed by atoms with Crippen LogP contribution in [0, 0.1) is 6.61 Å². The molecular weight excluding hydrogens is 212 g/mol. The molecule has 0 saturated heterocycles. The highest BCUT2D eigenvalue weighted by atomic mass is 16.7. The predicted molar refractivity (Wildman–Crippen MR) is 55.0 cm³/mol. The maximum Gasteiger partial charge on any atom is 0.231 e. The third-order valence-corrected chi connectivity index (χ3v) is 2.12. The first-order valence-electron chi connectivity index (χ1n) is 4.93. The monoisotopic (exact) mass is 225 g/mol. The van der Waals surface area contributed by atoms with E-state index in [-0.39, 0.29) is 20.0 Å². The molecule has 1 aromatic rings. The Kier molecular flexibility index (Phi) is 3.61. The Morgan fingerprint density at radius 3 is 3.00 bits per heavy atom. The Morgan fingerprint density at radius 1 is 1.38 bits per heavy atom. The standard InChI is InChI=1S/C11H13O5/c12-4-9(13)6-14-5-8-1-2-10-11(3-8)16-7-15-10/h1-3,5,9,12-13H,4,6-7H2. The fourth-order valence-electron chi connectivity index (χ4n) is 1.29. The third-order valence-electron chi connectivity index (χ3n) is 2.12. The van der Waals surface area contributed by atoms with Crippen LogP contribution in [0.15, 0.2) is 18.2 Å². The SMILES string of the molecule is OCC(O)CO[CH]c1ccc2c(c1)OCO2. The number of aliphatic hydroxyl groups is 2. The largest absolute Gasteiger partial charge is 0.454 e. The fourth-order valence-corrected chi connectivity index (χ4v) is 1.29. The number of aliphatic hydroxyl groups excluding tert-OH is 2. The molecule has 1 aliphatic heterocycles. The van der Waals surface area contributed by atoms with Gasteiger partial charge in [-0.25, -0.2) is 0 Å². The first-order chi connectivity index (χ1) is 7.79. The average Bonchev–Trinajstić information content (AvgIpc) is 2.76. The number of ether oxygens (including phenoxy) is 3. The topological polar surface area (TPSA) is 68.2 Å². The first kappa shape index (κ1) is 11.2. The van der Waals surface area contributed by atoms with Gasteiger partial charge in [0.2, 0.25) is 6.79 Å². The summed E-state index contributed by atoms with van der Waals surface area (Å²) in [6, 6.07) is 5.40. The van der Waals surface area contributed by atoms with E-state index in [0.717, 1.165) is 5.56 Å². The van der Waals surface area contributed by atoms with Crippen LogP contribution in [0.4, 0.5) is 0 Å². The molecular formula is C11H13O5. The first-order valence-corrected chi connectivity index (χ1v) is 4.93. The normalized spacial score (nSPS) is 15.1. The average molecular weight is 225 g/mol. The van der Waals surface area contributed by atoms with Crippen molar-refractivity contribution in [3.8, 4) is 11.5 Å². The molecule has 2 rings (SSSR count). The second-order valence-corrected chi connectivity index (χ2v) is 3.40. The van der Waals surface area contributed by atoms with Gasteiger partial charge in [0.25, 0.3) is 0 Å². The second kappa shape index (κ2) is 5.16. The molecule has 1 unspecified atom stereocenters. The van der Waals surface area contributed by atoms with Gasteiger partial charge in [-0.3, -0.25) is 0 Å². The van der Waals surface area contributed by atoms with Gasteiger partial charge < -0.3 is 24.4 Å². The minimum atomic E-state index is -0.856. The zero-order valence-electron chi connectivity index (χ0n) is 8.63. The fraction of sp³-hybridized carbons (Fsp3) is 0.364. The summed E-state index contributed by atoms with van der Waals surface area (Å²) in [4.78, 5) is 0. The summed E-state index contributed by atoms with van der Waals surface area (Å²) >= 11 is 0. The molecule has 0 saturated carbocycles. The van der Waals surface area contributed by atoms with Gasteiger partial charge in [-0.05, 0) is 17.7 Å². The van der Waals surface area contributed by atoms with Gasteiger partial charge in [0.15, 0.2) is 11.5 Å². The van der Waals surface area contributed by atoms with Crippen LogP contribution in [0.3, 0.4) is 0 Å². The molecule has 2 N–H and O–H groups in total. The van der Waals surface area contributed by atoms with E-state index in [9.17, 15) is 0 Å². The van der Waals surface area contributed by atoms with Crippen molar-refractivity contribution < 1.29 is 24.4 Å². The molecule has 1 atom stereocenters. The quantitative estimate of drug-likeness (QED) is 0.754. The Labute approximate surface area is 93.2 Å². The number of fused-ring (bicyclic) bond motifs is 1. The molecule has 0 aliphatic carbocycles. The molecule has 87 valence electrons. The molecule has 1 radical (unpaired) electrons. The second-order valence-electron chi connectivity index (χ2n) is 3.40. The zero-order valence-corrected chi connectivity index (χ0v) is 8.63. The van der Waals surface area contributed by atoms with E-state index in [2.05, 4.69) is 0 Å². The van der Waals surface area contributed by atoms with Crippen LogP contribution < -0.4 is 9.47 Å². The smallest absolute Gasteiger partial charge is 0.231 e. The molecule has 0 aromatic heterocycles. The van der Waals surface area contributed by atoms with Crippen molar-refractivity contribution in [1.82, 2.24) is 0 Å². The molecule has 0 spiro atoms. The van der Waals surface area contributed by atoms with Crippen molar-refractivity contribution in [3.63, 3.8) is 0 Å². The van der Waals surface area contributed by atoms with Crippen molar-refractivity contribution in [2.45, 2.75) is 6.10 Å². The van der Waals surface area contributed by atoms with Crippen molar-refractivity contribution in [3.05, 3.63) is 30.4 Å². The van der Waals surface area contributed by atoms with Crippen molar-refractivity contribution >= 4 is 0 Å². The van der Waals surface area contributed by atoms with E-state index in [4.69, 9.17) is 24.4 Å². The Bertz CT molecular complexity index is 352. The Balaban J connectivity index is 1.86. The highest BCUT2D eigenvalue weighted by molar-refractivity contribution is 5.45. The summed E-state index contributed by atoms with van der Waals surface area (Å²) in [5.41, 5.74) is 0.814. The molecule has 5 nitrogen and oxygen atoms in total. The lowest BCUT2D eigenvalue weighted by Gasteiger charge is -2.07. The molecule has 5 heteroatoms. The minimum absolute atomic E-state index is 0.0605. The molecule has 1 heterocycles. The van der Waals surface area contributed by atoms with Crippen LogP contribution in [-0.4, -0.2) is 36.3 Å². The van der Waals surface area contributed by atoms with Crippen LogP contribution in [-0.2, 0) is 4.74 Å². The van der Waals surface area contributed by atoms with Gasteiger partial charge in [-0.15, -0.1) is 0 Å². The van der Waals surface area contributed by atoms with E-state index < -0.39 is 6.10 Å². The Morgan fingerprint density at radius 2 is 2.19 bits per heavy atom. The van der Waals surface area contributed by atoms with E-state index >= 15 is 0 Å². The number of hydrogen-bond acceptors (Lipinski definition) is 5. The van der Waals surface area contributed by atoms with Crippen LogP contribution in [0.2, 0.25) is 0 Å². The zero-order chi connectivity index (χ0) is 11.4. The van der Waals surface area contributed by atoms with Gasteiger partial charge in [-0.2, -0.15) is 0 Å². The Hall–Kier alpha value is -1.30. The number of rotatable bonds is 5. The summed E-state index contributed by atoms with van der Waals surface area (Å²) in [5.74, 6) is 1.40. The van der Waals surface area contributed by atoms with Crippen molar-refractivity contribution in [2.24, 2.45) is 0 Å². The minimum Gasteiger partial charge on any atom is -0.454 e. The van der Waals surface area contributed by atoms with Crippen LogP contribution in [0.25, 0.3) is 0 Å². The van der Waals surface area contributed by atoms with Gasteiger partial charge in [0.1, 0.15) is 12.7 Å². The lowest BCUT2D eigenvalue weighted by molar-refractivity contribution is 0.0298. The lowest BCUT2D eigenvalue weighted by atomic mass is 10.2. The summed E-state index contributed by atoms with van der Waals surface area (Å²) in [7, 11) is 0. The summed E-state index contributed by atoms with van der Waals surface area (Å²) < 4.78 is 15.5. The van der Waals surface area contributed by atoms with E-state index in [1.165, 1.54) is 6.61 Å². The number of benzene rings is 1. The van der Waals surface area contributed by atoms with E-state index in [1.807, 2.05) is 6.07 Å². The molecule has 16 heavy (non-hydrogen) atoms. The van der Waals surface area contributed by atoms with Crippen LogP contribution >= 0.6 is 0 Å². The highest BCUT2D eigenvalue weighted by Crippen LogP contribution is 2.32. The summed E-state index contributed by atoms with van der Waals surface area (Å²) in [6.45, 7) is 1.49. The highest BCUT2D eigenvalue weighted by Gasteiger charge is 2.13. The lowest BCUT2D eigenvalue weighted by Crippen LogP contribution is -2.18. The molecule has 1 aliphatic rings. The summed E-state index contributed by atoms with van der Waals surface area (Å²) in [5, 5.41) is 17.6. The van der Waals surface area contributed by atoms with Crippen LogP contribution in [0.5, 0.6) is 11.5 Å². The molecule has 0 amide bonds. The molecule has 0 bridgehead atoms. The number of hydrogen-bond donors (Lipinski definition) is 2. The van der Waals surface area contributed by atoms with Crippen LogP contribution in [0.1, 0.15) is 5.56 Å². The maximum absolute atomic E-state index is 9.05. The molecule has 1 aromatic carbocycles. The van der Waals surface area contributed by atoms with Crippen molar-refractivity contribution in [1.29, 1.82) is 0 Å². The van der Waals surface area contributed by atoms with Crippen molar-refractivity contribution in [2.75, 3.05) is 20.0 Å². The summed E-state index contributed by atoms with van der Waals surface area (Å²) in [6.07, 6.45) is -0.856. The third kappa shape index (κ3) is 2.63. The maximum atomic E-state index is 9.05. The van der Waals surface area contributed by atoms with Gasteiger partial charge >= 0.3 is 0 Å². The van der Waals surface area contributed by atoms with E-state index in [0.29, 0.717) is 11.5 Å². The van der Waals surface area contributed by atoms with Gasteiger partial charge in [-0.1, -0.05) is 6.07 Å². The van der Waals surface area contributed by atoms with Gasteiger partial charge in [0.05, 0.1) is 13.2 Å². The van der Waals surface area contributed by atoms with Gasteiger partial charge in [0, 0.05) is 0 Å².